The summed E-state index contributed by atoms with van der Waals surface area (Å²) in [6.07, 6.45) is 0. The molecule has 0 aliphatic rings. The number of rotatable bonds is 8. The van der Waals surface area contributed by atoms with Crippen LogP contribution in [0.15, 0.2) is 77.7 Å². The van der Waals surface area contributed by atoms with Crippen molar-refractivity contribution in [3.05, 3.63) is 88.4 Å². The van der Waals surface area contributed by atoms with Gasteiger partial charge in [-0.25, -0.2) is 13.1 Å². The Morgan fingerprint density at radius 1 is 0.867 bits per heavy atom. The molecule has 1 atom stereocenters. The third kappa shape index (κ3) is 5.97. The van der Waals surface area contributed by atoms with Gasteiger partial charge in [-0.1, -0.05) is 47.5 Å². The molecule has 0 bridgehead atoms. The van der Waals surface area contributed by atoms with Crippen LogP contribution in [0.25, 0.3) is 0 Å². The van der Waals surface area contributed by atoms with Crippen LogP contribution in [0.1, 0.15) is 11.6 Å². The van der Waals surface area contributed by atoms with Gasteiger partial charge in [0.15, 0.2) is 0 Å². The van der Waals surface area contributed by atoms with E-state index >= 15 is 0 Å². The van der Waals surface area contributed by atoms with E-state index in [0.29, 0.717) is 16.6 Å². The zero-order valence-electron chi connectivity index (χ0n) is 16.6. The predicted molar refractivity (Wildman–Crippen MR) is 124 cm³/mol. The summed E-state index contributed by atoms with van der Waals surface area (Å²) in [4.78, 5) is 2.09. The number of nitrogens with zero attached hydrogens (tertiary/aromatic N) is 1. The normalized spacial score (nSPS) is 12.7. The van der Waals surface area contributed by atoms with Gasteiger partial charge in [0.2, 0.25) is 10.0 Å². The van der Waals surface area contributed by atoms with Crippen molar-refractivity contribution in [3.8, 4) is 0 Å². The Bertz CT molecular complexity index is 1090. The summed E-state index contributed by atoms with van der Waals surface area (Å²) in [6, 6.07) is 21.0. The van der Waals surface area contributed by atoms with E-state index in [-0.39, 0.29) is 4.90 Å². The fraction of sp³-hybridized carbons (Fsp3) is 0.182. The fourth-order valence-corrected chi connectivity index (χ4v) is 4.49. The van der Waals surface area contributed by atoms with Crippen LogP contribution >= 0.6 is 23.2 Å². The van der Waals surface area contributed by atoms with Crippen LogP contribution in [0, 0.1) is 0 Å². The Balaban J connectivity index is 1.80. The molecule has 8 heteroatoms. The van der Waals surface area contributed by atoms with Crippen LogP contribution in [0.2, 0.25) is 10.0 Å². The Kier molecular flexibility index (Phi) is 7.39. The van der Waals surface area contributed by atoms with Crippen LogP contribution < -0.4 is 10.0 Å². The average molecular weight is 464 g/mol. The molecule has 3 aromatic carbocycles. The fourth-order valence-electron chi connectivity index (χ4n) is 2.97. The van der Waals surface area contributed by atoms with Crippen molar-refractivity contribution in [2.24, 2.45) is 0 Å². The SMILES string of the molecule is CN(C)C[C@@H](NS(=O)(=O)c1ccc(Nc2ccccc2)cc1)c1ccc(Cl)c(Cl)c1. The molecule has 0 unspecified atom stereocenters. The van der Waals surface area contributed by atoms with Gasteiger partial charge in [-0.05, 0) is 68.2 Å². The summed E-state index contributed by atoms with van der Waals surface area (Å²) in [5.41, 5.74) is 2.47. The third-order valence-electron chi connectivity index (χ3n) is 4.42. The summed E-state index contributed by atoms with van der Waals surface area (Å²) in [6.45, 7) is 0.463. The van der Waals surface area contributed by atoms with E-state index in [4.69, 9.17) is 23.2 Å². The van der Waals surface area contributed by atoms with Crippen molar-refractivity contribution in [1.29, 1.82) is 0 Å². The summed E-state index contributed by atoms with van der Waals surface area (Å²) < 4.78 is 28.8. The molecule has 0 radical (unpaired) electrons. The lowest BCUT2D eigenvalue weighted by atomic mass is 10.1. The zero-order valence-corrected chi connectivity index (χ0v) is 19.0. The molecule has 5 nitrogen and oxygen atoms in total. The van der Waals surface area contributed by atoms with E-state index in [9.17, 15) is 8.42 Å². The molecule has 0 aromatic heterocycles. The first-order valence-electron chi connectivity index (χ1n) is 9.29. The minimum atomic E-state index is -3.75. The first-order valence-corrected chi connectivity index (χ1v) is 11.5. The molecule has 0 fully saturated rings. The summed E-state index contributed by atoms with van der Waals surface area (Å²) >= 11 is 12.1. The number of likely N-dealkylation sites (N-methyl/N-ethyl adjacent to an activating group) is 1. The number of sulfonamides is 1. The number of anilines is 2. The second kappa shape index (κ2) is 9.81. The maximum Gasteiger partial charge on any atom is 0.241 e. The van der Waals surface area contributed by atoms with Crippen LogP contribution in [-0.2, 0) is 10.0 Å². The van der Waals surface area contributed by atoms with E-state index in [1.165, 1.54) is 0 Å². The molecule has 0 saturated carbocycles. The number of halogens is 2. The zero-order chi connectivity index (χ0) is 21.7. The van der Waals surface area contributed by atoms with Gasteiger partial charge in [0, 0.05) is 17.9 Å². The van der Waals surface area contributed by atoms with E-state index in [0.717, 1.165) is 16.9 Å². The number of benzene rings is 3. The Hall–Kier alpha value is -2.09. The van der Waals surface area contributed by atoms with Crippen LogP contribution in [0.3, 0.4) is 0 Å². The van der Waals surface area contributed by atoms with E-state index in [2.05, 4.69) is 10.0 Å². The molecule has 2 N–H and O–H groups in total. The molecule has 158 valence electrons. The number of para-hydroxylation sites is 1. The lowest BCUT2D eigenvalue weighted by molar-refractivity contribution is 0.363. The van der Waals surface area contributed by atoms with Gasteiger partial charge in [-0.2, -0.15) is 0 Å². The highest BCUT2D eigenvalue weighted by Gasteiger charge is 2.22. The third-order valence-corrected chi connectivity index (χ3v) is 6.64. The van der Waals surface area contributed by atoms with Crippen molar-refractivity contribution < 1.29 is 8.42 Å². The summed E-state index contributed by atoms with van der Waals surface area (Å²) in [5.74, 6) is 0. The van der Waals surface area contributed by atoms with Gasteiger partial charge in [-0.3, -0.25) is 0 Å². The topological polar surface area (TPSA) is 61.4 Å². The van der Waals surface area contributed by atoms with Crippen molar-refractivity contribution in [1.82, 2.24) is 9.62 Å². The van der Waals surface area contributed by atoms with Gasteiger partial charge in [0.1, 0.15) is 0 Å². The minimum Gasteiger partial charge on any atom is -0.356 e. The standard InChI is InChI=1S/C22H23Cl2N3O2S/c1-27(2)15-22(16-8-13-20(23)21(24)14-16)26-30(28,29)19-11-9-18(10-12-19)25-17-6-4-3-5-7-17/h3-14,22,25-26H,15H2,1-2H3/t22-/m1/s1. The molecule has 0 saturated heterocycles. The van der Waals surface area contributed by atoms with Crippen molar-refractivity contribution >= 4 is 44.6 Å². The number of hydrogen-bond donors (Lipinski definition) is 2. The largest absolute Gasteiger partial charge is 0.356 e. The van der Waals surface area contributed by atoms with Gasteiger partial charge in [0.25, 0.3) is 0 Å². The van der Waals surface area contributed by atoms with Gasteiger partial charge in [0.05, 0.1) is 21.0 Å². The molecule has 30 heavy (non-hydrogen) atoms. The molecule has 0 aliphatic carbocycles. The lowest BCUT2D eigenvalue weighted by Gasteiger charge is -2.23. The van der Waals surface area contributed by atoms with E-state index in [1.54, 1.807) is 42.5 Å². The monoisotopic (exact) mass is 463 g/mol. The Labute approximate surface area is 187 Å². The number of hydrogen-bond acceptors (Lipinski definition) is 4. The lowest BCUT2D eigenvalue weighted by Crippen LogP contribution is -2.35. The molecule has 0 spiro atoms. The highest BCUT2D eigenvalue weighted by Crippen LogP contribution is 2.27. The first-order chi connectivity index (χ1) is 14.2. The molecule has 3 rings (SSSR count). The molecule has 0 amide bonds. The number of nitrogens with one attached hydrogen (secondary N) is 2. The van der Waals surface area contributed by atoms with E-state index < -0.39 is 16.1 Å². The second-order valence-corrected chi connectivity index (χ2v) is 9.65. The summed E-state index contributed by atoms with van der Waals surface area (Å²) in [5, 5.41) is 4.05. The second-order valence-electron chi connectivity index (χ2n) is 7.13. The van der Waals surface area contributed by atoms with Crippen molar-refractivity contribution in [2.75, 3.05) is 26.0 Å². The molecular formula is C22H23Cl2N3O2S. The van der Waals surface area contributed by atoms with Crippen LogP contribution in [-0.4, -0.2) is 34.0 Å². The smallest absolute Gasteiger partial charge is 0.241 e. The summed E-state index contributed by atoms with van der Waals surface area (Å²) in [7, 11) is 0.00933. The molecule has 0 heterocycles. The average Bonchev–Trinajstić information content (AvgIpc) is 2.70. The van der Waals surface area contributed by atoms with Gasteiger partial charge in [-0.15, -0.1) is 0 Å². The maximum absolute atomic E-state index is 13.0. The molecule has 0 aliphatic heterocycles. The van der Waals surface area contributed by atoms with Crippen molar-refractivity contribution in [3.63, 3.8) is 0 Å². The van der Waals surface area contributed by atoms with Crippen LogP contribution in [0.5, 0.6) is 0 Å². The first kappa shape index (κ1) is 22.6. The quantitative estimate of drug-likeness (QED) is 0.474. The predicted octanol–water partition coefficient (Wildman–Crippen LogP) is 5.32. The highest BCUT2D eigenvalue weighted by atomic mass is 35.5. The van der Waals surface area contributed by atoms with Gasteiger partial charge < -0.3 is 10.2 Å². The van der Waals surface area contributed by atoms with Gasteiger partial charge >= 0.3 is 0 Å². The minimum absolute atomic E-state index is 0.185. The maximum atomic E-state index is 13.0. The van der Waals surface area contributed by atoms with Crippen molar-refractivity contribution in [2.45, 2.75) is 10.9 Å². The Morgan fingerprint density at radius 2 is 1.50 bits per heavy atom. The van der Waals surface area contributed by atoms with Crippen LogP contribution in [0.4, 0.5) is 11.4 Å². The highest BCUT2D eigenvalue weighted by molar-refractivity contribution is 7.89. The molecule has 3 aromatic rings. The molecular weight excluding hydrogens is 441 g/mol. The Morgan fingerprint density at radius 3 is 2.10 bits per heavy atom. The van der Waals surface area contributed by atoms with E-state index in [1.807, 2.05) is 49.3 Å².